The number of phosphoric ester groups is 1. The topological polar surface area (TPSA) is 149 Å². The maximum atomic E-state index is 10.9. The van der Waals surface area contributed by atoms with Gasteiger partial charge in [0.1, 0.15) is 17.5 Å². The molecule has 0 radical (unpaired) electrons. The van der Waals surface area contributed by atoms with Crippen molar-refractivity contribution >= 4 is 81.6 Å². The SMILES string of the molecule is N[C@@H](Cc1cc(I)c(Oc2ccc(OCOP(=O)(O)O)c(I)c2)c(I)c1)C(=O)O. The van der Waals surface area contributed by atoms with Crippen molar-refractivity contribution in [3.8, 4) is 17.2 Å². The summed E-state index contributed by atoms with van der Waals surface area (Å²) in [4.78, 5) is 28.3. The fourth-order valence-corrected chi connectivity index (χ4v) is 5.06. The summed E-state index contributed by atoms with van der Waals surface area (Å²) in [6.45, 7) is -0.587. The van der Waals surface area contributed by atoms with Gasteiger partial charge in [-0.1, -0.05) is 0 Å². The number of carboxylic acid groups (broad SMARTS) is 1. The Balaban J connectivity index is 2.12. The number of rotatable bonds is 9. The van der Waals surface area contributed by atoms with Crippen molar-refractivity contribution in [2.45, 2.75) is 12.5 Å². The molecule has 2 rings (SSSR count). The molecule has 0 aliphatic heterocycles. The number of phosphoric acid groups is 1. The lowest BCUT2D eigenvalue weighted by Gasteiger charge is -2.14. The summed E-state index contributed by atoms with van der Waals surface area (Å²) in [6, 6.07) is 7.62. The molecule has 0 aliphatic rings. The van der Waals surface area contributed by atoms with Crippen LogP contribution in [0, 0.1) is 10.7 Å². The van der Waals surface area contributed by atoms with E-state index in [0.29, 0.717) is 20.8 Å². The van der Waals surface area contributed by atoms with Gasteiger partial charge in [0.15, 0.2) is 12.5 Å². The Labute approximate surface area is 207 Å². The van der Waals surface area contributed by atoms with E-state index in [1.165, 1.54) is 0 Å². The second-order valence-electron chi connectivity index (χ2n) is 5.61. The third-order valence-electron chi connectivity index (χ3n) is 3.39. The highest BCUT2D eigenvalue weighted by atomic mass is 127. The molecule has 29 heavy (non-hydrogen) atoms. The van der Waals surface area contributed by atoms with Crippen molar-refractivity contribution < 1.29 is 38.3 Å². The van der Waals surface area contributed by atoms with Crippen LogP contribution in [-0.2, 0) is 20.3 Å². The van der Waals surface area contributed by atoms with Crippen LogP contribution < -0.4 is 15.2 Å². The van der Waals surface area contributed by atoms with E-state index in [9.17, 15) is 9.36 Å². The quantitative estimate of drug-likeness (QED) is 0.171. The molecular weight excluding hydrogens is 746 g/mol. The number of benzene rings is 2. The zero-order valence-corrected chi connectivity index (χ0v) is 21.8. The highest BCUT2D eigenvalue weighted by Gasteiger charge is 2.17. The highest BCUT2D eigenvalue weighted by Crippen LogP contribution is 2.37. The zero-order chi connectivity index (χ0) is 21.8. The summed E-state index contributed by atoms with van der Waals surface area (Å²) in [7, 11) is -4.60. The van der Waals surface area contributed by atoms with E-state index in [0.717, 1.165) is 12.7 Å². The van der Waals surface area contributed by atoms with E-state index in [1.807, 2.05) is 34.7 Å². The maximum Gasteiger partial charge on any atom is 0.472 e. The van der Waals surface area contributed by atoms with Gasteiger partial charge in [-0.05, 0) is 110 Å². The van der Waals surface area contributed by atoms with Crippen LogP contribution in [0.15, 0.2) is 30.3 Å². The van der Waals surface area contributed by atoms with Crippen molar-refractivity contribution in [1.29, 1.82) is 0 Å². The molecule has 0 saturated heterocycles. The van der Waals surface area contributed by atoms with Crippen LogP contribution in [0.3, 0.4) is 0 Å². The minimum Gasteiger partial charge on any atom is -0.480 e. The fraction of sp³-hybridized carbons (Fsp3) is 0.188. The summed E-state index contributed by atoms with van der Waals surface area (Å²) < 4.78 is 28.4. The van der Waals surface area contributed by atoms with Gasteiger partial charge in [-0.15, -0.1) is 0 Å². The molecule has 2 aromatic rings. The molecule has 0 unspecified atom stereocenters. The Kier molecular flexibility index (Phi) is 9.39. The third-order valence-corrected chi connectivity index (χ3v) is 6.28. The van der Waals surface area contributed by atoms with Gasteiger partial charge in [0.2, 0.25) is 0 Å². The van der Waals surface area contributed by atoms with Crippen LogP contribution in [0.4, 0.5) is 0 Å². The Morgan fingerprint density at radius 2 is 1.72 bits per heavy atom. The number of hydrogen-bond donors (Lipinski definition) is 4. The number of aliphatic carboxylic acids is 1. The minimum absolute atomic E-state index is 0.211. The van der Waals surface area contributed by atoms with Crippen LogP contribution in [0.5, 0.6) is 17.2 Å². The number of ether oxygens (including phenoxy) is 2. The van der Waals surface area contributed by atoms with Gasteiger partial charge in [-0.3, -0.25) is 4.79 Å². The molecule has 5 N–H and O–H groups in total. The standard InChI is InChI=1S/C16H15I3NO8P/c17-10-6-9(1-2-14(10)26-7-27-29(23,24)25)28-15-11(18)3-8(4-12(15)19)5-13(20)16(21)22/h1-4,6,13H,5,7,20H2,(H,21,22)(H2,23,24,25)/t13-/m0/s1. The molecular formula is C16H15I3NO8P. The zero-order valence-electron chi connectivity index (χ0n) is 14.4. The summed E-state index contributed by atoms with van der Waals surface area (Å²) in [5, 5.41) is 8.96. The number of hydrogen-bond acceptors (Lipinski definition) is 6. The molecule has 0 bridgehead atoms. The molecule has 9 nitrogen and oxygen atoms in total. The molecule has 0 saturated carbocycles. The van der Waals surface area contributed by atoms with Crippen LogP contribution in [-0.4, -0.2) is 33.7 Å². The summed E-state index contributed by atoms with van der Waals surface area (Å²) in [6.07, 6.45) is 0.211. The molecule has 0 aromatic heterocycles. The predicted octanol–water partition coefficient (Wildman–Crippen LogP) is 3.69. The van der Waals surface area contributed by atoms with Crippen molar-refractivity contribution in [3.05, 3.63) is 46.6 Å². The van der Waals surface area contributed by atoms with E-state index in [1.54, 1.807) is 18.2 Å². The smallest absolute Gasteiger partial charge is 0.472 e. The van der Waals surface area contributed by atoms with Crippen LogP contribution in [0.2, 0.25) is 0 Å². The second-order valence-corrected chi connectivity index (χ2v) is 10.3. The Morgan fingerprint density at radius 3 is 2.24 bits per heavy atom. The normalized spacial score (nSPS) is 12.5. The summed E-state index contributed by atoms with van der Waals surface area (Å²) >= 11 is 6.22. The molecule has 0 heterocycles. The number of nitrogens with two attached hydrogens (primary N) is 1. The lowest BCUT2D eigenvalue weighted by Crippen LogP contribution is -2.32. The van der Waals surface area contributed by atoms with E-state index in [2.05, 4.69) is 49.7 Å². The van der Waals surface area contributed by atoms with Gasteiger partial charge in [0.25, 0.3) is 0 Å². The van der Waals surface area contributed by atoms with Gasteiger partial charge in [0.05, 0.1) is 10.7 Å². The lowest BCUT2D eigenvalue weighted by atomic mass is 10.1. The summed E-state index contributed by atoms with van der Waals surface area (Å²) in [5.74, 6) is 0.476. The average Bonchev–Trinajstić information content (AvgIpc) is 2.59. The molecule has 1 atom stereocenters. The lowest BCUT2D eigenvalue weighted by molar-refractivity contribution is -0.138. The Bertz CT molecular complexity index is 929. The van der Waals surface area contributed by atoms with Gasteiger partial charge in [0, 0.05) is 0 Å². The number of carboxylic acids is 1. The molecule has 0 spiro atoms. The Morgan fingerprint density at radius 1 is 1.10 bits per heavy atom. The second kappa shape index (κ2) is 10.9. The number of halogens is 3. The average molecular weight is 761 g/mol. The largest absolute Gasteiger partial charge is 0.480 e. The Hall–Kier alpha value is -0.230. The van der Waals surface area contributed by atoms with Crippen molar-refractivity contribution in [2.75, 3.05) is 6.79 Å². The van der Waals surface area contributed by atoms with Crippen molar-refractivity contribution in [3.63, 3.8) is 0 Å². The highest BCUT2D eigenvalue weighted by molar-refractivity contribution is 14.1. The van der Waals surface area contributed by atoms with E-state index in [4.69, 9.17) is 30.1 Å². The van der Waals surface area contributed by atoms with Gasteiger partial charge < -0.3 is 30.1 Å². The molecule has 158 valence electrons. The number of carbonyl (C=O) groups is 1. The maximum absolute atomic E-state index is 10.9. The summed E-state index contributed by atoms with van der Waals surface area (Å²) in [5.41, 5.74) is 6.39. The van der Waals surface area contributed by atoms with Crippen molar-refractivity contribution in [1.82, 2.24) is 0 Å². The van der Waals surface area contributed by atoms with Gasteiger partial charge in [-0.2, -0.15) is 0 Å². The monoisotopic (exact) mass is 761 g/mol. The first kappa shape index (κ1) is 25.0. The van der Waals surface area contributed by atoms with Gasteiger partial charge in [-0.25, -0.2) is 9.09 Å². The van der Waals surface area contributed by atoms with Crippen LogP contribution in [0.1, 0.15) is 5.56 Å². The van der Waals surface area contributed by atoms with Gasteiger partial charge >= 0.3 is 13.8 Å². The molecule has 0 aliphatic carbocycles. The van der Waals surface area contributed by atoms with Crippen LogP contribution >= 0.6 is 75.6 Å². The predicted molar refractivity (Wildman–Crippen MR) is 129 cm³/mol. The molecule has 0 amide bonds. The van der Waals surface area contributed by atoms with E-state index >= 15 is 0 Å². The third kappa shape index (κ3) is 8.08. The van der Waals surface area contributed by atoms with Crippen molar-refractivity contribution in [2.24, 2.45) is 5.73 Å². The van der Waals surface area contributed by atoms with E-state index in [-0.39, 0.29) is 6.42 Å². The molecule has 2 aromatic carbocycles. The van der Waals surface area contributed by atoms with E-state index < -0.39 is 26.6 Å². The minimum atomic E-state index is -4.60. The first-order valence-corrected chi connectivity index (χ1v) is 12.5. The molecule has 0 fully saturated rings. The first-order valence-electron chi connectivity index (χ1n) is 7.73. The fourth-order valence-electron chi connectivity index (χ4n) is 2.11. The molecule has 13 heteroatoms. The van der Waals surface area contributed by atoms with Crippen LogP contribution in [0.25, 0.3) is 0 Å². The first-order chi connectivity index (χ1) is 13.5.